The number of carbonyl (C=O) groups excluding carboxylic acids is 1. The highest BCUT2D eigenvalue weighted by molar-refractivity contribution is 5.75. The molecule has 0 atom stereocenters. The van der Waals surface area contributed by atoms with Gasteiger partial charge in [0.2, 0.25) is 11.7 Å². The van der Waals surface area contributed by atoms with E-state index in [0.717, 1.165) is 0 Å². The molecule has 1 rings (SSSR count). The lowest BCUT2D eigenvalue weighted by molar-refractivity contribution is -0.128. The summed E-state index contributed by atoms with van der Waals surface area (Å²) in [4.78, 5) is 12.6. The number of anilines is 1. The normalized spacial score (nSPS) is 10.6. The molecule has 1 N–H and O–H groups in total. The maximum Gasteiger partial charge on any atom is 0.222 e. The number of benzene rings is 1. The molecule has 0 fully saturated rings. The summed E-state index contributed by atoms with van der Waals surface area (Å²) in [5.41, 5.74) is -1.08. The van der Waals surface area contributed by atoms with E-state index in [0.29, 0.717) is 0 Å². The molecule has 1 amide bonds. The van der Waals surface area contributed by atoms with Crippen LogP contribution < -0.4 is 5.32 Å². The van der Waals surface area contributed by atoms with Gasteiger partial charge < -0.3 is 10.2 Å². The molecule has 0 saturated heterocycles. The van der Waals surface area contributed by atoms with E-state index >= 15 is 0 Å². The average Bonchev–Trinajstić information content (AvgIpc) is 2.41. The molecule has 0 spiro atoms. The summed E-state index contributed by atoms with van der Waals surface area (Å²) in [7, 11) is 3.08. The Hall–Kier alpha value is -1.86. The molecule has 0 radical (unpaired) electrons. The number of nitrogens with zero attached hydrogens (tertiary/aromatic N) is 1. The Morgan fingerprint density at radius 3 is 1.85 bits per heavy atom. The number of rotatable bonds is 5. The van der Waals surface area contributed by atoms with E-state index in [1.54, 1.807) is 14.1 Å². The van der Waals surface area contributed by atoms with Crippen molar-refractivity contribution in [1.29, 1.82) is 0 Å². The van der Waals surface area contributed by atoms with Gasteiger partial charge in [-0.25, -0.2) is 22.0 Å². The van der Waals surface area contributed by atoms with Gasteiger partial charge in [-0.1, -0.05) is 0 Å². The molecular formula is C12H13F5N2O. The molecule has 8 heteroatoms. The molecule has 0 unspecified atom stereocenters. The first-order chi connectivity index (χ1) is 9.27. The predicted molar refractivity (Wildman–Crippen MR) is 62.6 cm³/mol. The molecule has 0 heterocycles. The summed E-state index contributed by atoms with van der Waals surface area (Å²) in [6.07, 6.45) is 0.284. The van der Waals surface area contributed by atoms with Crippen LogP contribution in [-0.4, -0.2) is 31.4 Å². The third-order valence-corrected chi connectivity index (χ3v) is 2.58. The second-order valence-electron chi connectivity index (χ2n) is 4.26. The van der Waals surface area contributed by atoms with E-state index in [9.17, 15) is 26.7 Å². The van der Waals surface area contributed by atoms with E-state index in [1.165, 1.54) is 4.90 Å². The Balaban J connectivity index is 2.72. The van der Waals surface area contributed by atoms with Gasteiger partial charge in [0.1, 0.15) is 5.69 Å². The van der Waals surface area contributed by atoms with E-state index in [1.807, 2.05) is 0 Å². The first kappa shape index (κ1) is 16.2. The molecule has 0 aliphatic rings. The number of hydrogen-bond acceptors (Lipinski definition) is 2. The van der Waals surface area contributed by atoms with Crippen molar-refractivity contribution in [2.45, 2.75) is 12.8 Å². The SMILES string of the molecule is CN(C)C(=O)CCCNc1c(F)c(F)c(F)c(F)c1F. The quantitative estimate of drug-likeness (QED) is 0.392. The van der Waals surface area contributed by atoms with Crippen LogP contribution in [0, 0.1) is 29.1 Å². The van der Waals surface area contributed by atoms with Crippen LogP contribution in [0.3, 0.4) is 0 Å². The largest absolute Gasteiger partial charge is 0.380 e. The van der Waals surface area contributed by atoms with Crippen molar-refractivity contribution in [2.24, 2.45) is 0 Å². The average molecular weight is 296 g/mol. The van der Waals surface area contributed by atoms with E-state index in [2.05, 4.69) is 5.32 Å². The smallest absolute Gasteiger partial charge is 0.222 e. The molecular weight excluding hydrogens is 283 g/mol. The molecule has 0 bridgehead atoms. The van der Waals surface area contributed by atoms with Crippen molar-refractivity contribution in [3.05, 3.63) is 29.1 Å². The topological polar surface area (TPSA) is 32.3 Å². The zero-order valence-corrected chi connectivity index (χ0v) is 10.9. The fourth-order valence-corrected chi connectivity index (χ4v) is 1.44. The van der Waals surface area contributed by atoms with Crippen LogP contribution in [0.15, 0.2) is 0 Å². The van der Waals surface area contributed by atoms with Crippen LogP contribution in [0.25, 0.3) is 0 Å². The van der Waals surface area contributed by atoms with Gasteiger partial charge in [-0.3, -0.25) is 4.79 Å². The number of halogens is 5. The molecule has 1 aromatic carbocycles. The monoisotopic (exact) mass is 296 g/mol. The minimum atomic E-state index is -2.20. The summed E-state index contributed by atoms with van der Waals surface area (Å²) in [5, 5.41) is 2.12. The molecule has 0 saturated carbocycles. The number of hydrogen-bond donors (Lipinski definition) is 1. The predicted octanol–water partition coefficient (Wildman–Crippen LogP) is 2.66. The minimum Gasteiger partial charge on any atom is -0.380 e. The van der Waals surface area contributed by atoms with Crippen LogP contribution in [-0.2, 0) is 4.79 Å². The highest BCUT2D eigenvalue weighted by atomic mass is 19.2. The molecule has 20 heavy (non-hydrogen) atoms. The summed E-state index contributed by atoms with van der Waals surface area (Å²) in [6.45, 7) is -0.0993. The fourth-order valence-electron chi connectivity index (χ4n) is 1.44. The first-order valence-corrected chi connectivity index (χ1v) is 5.72. The second kappa shape index (κ2) is 6.53. The van der Waals surface area contributed by atoms with Crippen LogP contribution in [0.4, 0.5) is 27.6 Å². The van der Waals surface area contributed by atoms with Crippen LogP contribution >= 0.6 is 0 Å². The van der Waals surface area contributed by atoms with Gasteiger partial charge in [-0.2, -0.15) is 0 Å². The lowest BCUT2D eigenvalue weighted by Gasteiger charge is -2.12. The van der Waals surface area contributed by atoms with E-state index in [-0.39, 0.29) is 25.3 Å². The zero-order chi connectivity index (χ0) is 15.4. The van der Waals surface area contributed by atoms with E-state index < -0.39 is 34.8 Å². The van der Waals surface area contributed by atoms with Crippen molar-refractivity contribution in [1.82, 2.24) is 4.90 Å². The Morgan fingerprint density at radius 2 is 1.40 bits per heavy atom. The van der Waals surface area contributed by atoms with Crippen LogP contribution in [0.1, 0.15) is 12.8 Å². The molecule has 0 aliphatic carbocycles. The second-order valence-corrected chi connectivity index (χ2v) is 4.26. The highest BCUT2D eigenvalue weighted by Crippen LogP contribution is 2.26. The van der Waals surface area contributed by atoms with Crippen molar-refractivity contribution in [3.8, 4) is 0 Å². The number of amides is 1. The van der Waals surface area contributed by atoms with Crippen molar-refractivity contribution in [3.63, 3.8) is 0 Å². The fraction of sp³-hybridized carbons (Fsp3) is 0.417. The Labute approximate surface area is 112 Å². The van der Waals surface area contributed by atoms with Gasteiger partial charge in [0.25, 0.3) is 0 Å². The Morgan fingerprint density at radius 1 is 0.950 bits per heavy atom. The molecule has 1 aromatic rings. The van der Waals surface area contributed by atoms with Crippen LogP contribution in [0.2, 0.25) is 0 Å². The standard InChI is InChI=1S/C12H13F5N2O/c1-19(2)6(20)4-3-5-18-12-10(16)8(14)7(13)9(15)11(12)17/h18H,3-5H2,1-2H3. The van der Waals surface area contributed by atoms with Crippen molar-refractivity contribution < 1.29 is 26.7 Å². The van der Waals surface area contributed by atoms with Crippen molar-refractivity contribution in [2.75, 3.05) is 26.0 Å². The molecule has 0 aliphatic heterocycles. The third kappa shape index (κ3) is 3.37. The van der Waals surface area contributed by atoms with Gasteiger partial charge >= 0.3 is 0 Å². The van der Waals surface area contributed by atoms with E-state index in [4.69, 9.17) is 0 Å². The number of nitrogens with one attached hydrogen (secondary N) is 1. The lowest BCUT2D eigenvalue weighted by Crippen LogP contribution is -2.22. The minimum absolute atomic E-state index is 0.0927. The van der Waals surface area contributed by atoms with Gasteiger partial charge in [-0.15, -0.1) is 0 Å². The van der Waals surface area contributed by atoms with Gasteiger partial charge in [0.05, 0.1) is 0 Å². The van der Waals surface area contributed by atoms with Gasteiger partial charge in [0, 0.05) is 27.1 Å². The maximum absolute atomic E-state index is 13.3. The van der Waals surface area contributed by atoms with Gasteiger partial charge in [0.15, 0.2) is 23.3 Å². The zero-order valence-electron chi connectivity index (χ0n) is 10.9. The summed E-state index contributed by atoms with van der Waals surface area (Å²) >= 11 is 0. The van der Waals surface area contributed by atoms with Crippen molar-refractivity contribution >= 4 is 11.6 Å². The van der Waals surface area contributed by atoms with Crippen LogP contribution in [0.5, 0.6) is 0 Å². The highest BCUT2D eigenvalue weighted by Gasteiger charge is 2.25. The third-order valence-electron chi connectivity index (χ3n) is 2.58. The summed E-state index contributed by atoms with van der Waals surface area (Å²) in [6, 6.07) is 0. The Bertz CT molecular complexity index is 490. The molecule has 112 valence electrons. The summed E-state index contributed by atoms with van der Waals surface area (Å²) < 4.78 is 65.1. The first-order valence-electron chi connectivity index (χ1n) is 5.72. The number of carbonyl (C=O) groups is 1. The lowest BCUT2D eigenvalue weighted by atomic mass is 10.2. The van der Waals surface area contributed by atoms with Gasteiger partial charge in [-0.05, 0) is 6.42 Å². The molecule has 3 nitrogen and oxygen atoms in total. The molecule has 0 aromatic heterocycles. The Kier molecular flexibility index (Phi) is 5.29. The maximum atomic E-state index is 13.3. The summed E-state index contributed by atoms with van der Waals surface area (Å²) in [5.74, 6) is -10.2.